The molecule has 0 spiro atoms. The molecule has 28 heavy (non-hydrogen) atoms. The fourth-order valence-corrected chi connectivity index (χ4v) is 2.71. The van der Waals surface area contributed by atoms with Crippen LogP contribution in [0.1, 0.15) is 38.8 Å². The molecule has 2 aromatic rings. The lowest BCUT2D eigenvalue weighted by atomic mass is 9.87. The van der Waals surface area contributed by atoms with E-state index in [1.807, 2.05) is 49.4 Å². The van der Waals surface area contributed by atoms with Crippen molar-refractivity contribution in [3.63, 3.8) is 0 Å². The number of amides is 1. The van der Waals surface area contributed by atoms with Crippen LogP contribution in [0.3, 0.4) is 0 Å². The Kier molecular flexibility index (Phi) is 5.87. The number of ether oxygens (including phenoxy) is 3. The van der Waals surface area contributed by atoms with Gasteiger partial charge in [-0.05, 0) is 48.2 Å². The zero-order valence-electron chi connectivity index (χ0n) is 16.7. The van der Waals surface area contributed by atoms with E-state index in [0.29, 0.717) is 30.4 Å². The maximum Gasteiger partial charge on any atom is 0.277 e. The Bertz CT molecular complexity index is 867. The molecule has 0 unspecified atom stereocenters. The van der Waals surface area contributed by atoms with Gasteiger partial charge in [0.25, 0.3) is 5.91 Å². The average molecular weight is 382 g/mol. The third-order valence-electron chi connectivity index (χ3n) is 4.40. The number of benzene rings is 2. The van der Waals surface area contributed by atoms with Gasteiger partial charge in [0.2, 0.25) is 0 Å². The number of hydrogen-bond acceptors (Lipinski definition) is 5. The van der Waals surface area contributed by atoms with E-state index in [9.17, 15) is 4.79 Å². The Morgan fingerprint density at radius 1 is 1.07 bits per heavy atom. The van der Waals surface area contributed by atoms with Crippen molar-refractivity contribution in [3.8, 4) is 17.2 Å². The second kappa shape index (κ2) is 8.33. The second-order valence-corrected chi connectivity index (χ2v) is 7.65. The summed E-state index contributed by atoms with van der Waals surface area (Å²) < 4.78 is 16.6. The number of hydrogen-bond donors (Lipinski definition) is 1. The van der Waals surface area contributed by atoms with Crippen molar-refractivity contribution in [2.45, 2.75) is 33.1 Å². The highest BCUT2D eigenvalue weighted by molar-refractivity contribution is 5.99. The SMILES string of the molecule is C/C(=N/NC(=O)COc1ccc(C(C)(C)C)cc1)c1ccc2c(c1)OCCO2. The first kappa shape index (κ1) is 19.7. The van der Waals surface area contributed by atoms with Crippen molar-refractivity contribution in [3.05, 3.63) is 53.6 Å². The van der Waals surface area contributed by atoms with Crippen LogP contribution in [0.5, 0.6) is 17.2 Å². The Hall–Kier alpha value is -3.02. The highest BCUT2D eigenvalue weighted by atomic mass is 16.6. The molecule has 0 aliphatic carbocycles. The molecule has 1 aliphatic heterocycles. The quantitative estimate of drug-likeness (QED) is 0.633. The number of nitrogens with zero attached hydrogens (tertiary/aromatic N) is 1. The molecule has 3 rings (SSSR count). The predicted octanol–water partition coefficient (Wildman–Crippen LogP) is 3.67. The van der Waals surface area contributed by atoms with Gasteiger partial charge in [0.15, 0.2) is 18.1 Å². The van der Waals surface area contributed by atoms with Crippen LogP contribution in [-0.4, -0.2) is 31.4 Å². The first-order valence-corrected chi connectivity index (χ1v) is 9.29. The normalized spacial score (nSPS) is 13.8. The Labute approximate surface area is 165 Å². The van der Waals surface area contributed by atoms with Crippen LogP contribution in [-0.2, 0) is 10.2 Å². The number of hydrazone groups is 1. The van der Waals surface area contributed by atoms with E-state index in [0.717, 1.165) is 11.3 Å². The van der Waals surface area contributed by atoms with Gasteiger partial charge in [-0.3, -0.25) is 4.79 Å². The largest absolute Gasteiger partial charge is 0.486 e. The number of rotatable bonds is 5. The van der Waals surface area contributed by atoms with Gasteiger partial charge in [0, 0.05) is 5.56 Å². The molecule has 0 atom stereocenters. The lowest BCUT2D eigenvalue weighted by molar-refractivity contribution is -0.123. The summed E-state index contributed by atoms with van der Waals surface area (Å²) in [5, 5.41) is 4.14. The molecule has 0 radical (unpaired) electrons. The number of carbonyl (C=O) groups excluding carboxylic acids is 1. The molecule has 1 N–H and O–H groups in total. The third-order valence-corrected chi connectivity index (χ3v) is 4.40. The van der Waals surface area contributed by atoms with Crippen LogP contribution in [0.4, 0.5) is 0 Å². The molecule has 6 nitrogen and oxygen atoms in total. The van der Waals surface area contributed by atoms with Gasteiger partial charge >= 0.3 is 0 Å². The first-order chi connectivity index (χ1) is 13.3. The van der Waals surface area contributed by atoms with Crippen LogP contribution >= 0.6 is 0 Å². The van der Waals surface area contributed by atoms with Gasteiger partial charge in [0.1, 0.15) is 19.0 Å². The van der Waals surface area contributed by atoms with Gasteiger partial charge in [0.05, 0.1) is 5.71 Å². The minimum atomic E-state index is -0.322. The van der Waals surface area contributed by atoms with Crippen LogP contribution in [0.25, 0.3) is 0 Å². The molecule has 1 aliphatic rings. The highest BCUT2D eigenvalue weighted by Crippen LogP contribution is 2.30. The average Bonchev–Trinajstić information content (AvgIpc) is 2.69. The van der Waals surface area contributed by atoms with E-state index in [2.05, 4.69) is 31.3 Å². The summed E-state index contributed by atoms with van der Waals surface area (Å²) in [7, 11) is 0. The standard InChI is InChI=1S/C22H26N2O4/c1-15(16-5-10-19-20(13-16)27-12-11-26-19)23-24-21(25)14-28-18-8-6-17(7-9-18)22(2,3)4/h5-10,13H,11-12,14H2,1-4H3,(H,24,25)/b23-15-. The second-order valence-electron chi connectivity index (χ2n) is 7.65. The zero-order valence-corrected chi connectivity index (χ0v) is 16.7. The van der Waals surface area contributed by atoms with E-state index < -0.39 is 0 Å². The topological polar surface area (TPSA) is 69.2 Å². The van der Waals surface area contributed by atoms with Crippen molar-refractivity contribution < 1.29 is 19.0 Å². The molecule has 2 aromatic carbocycles. The summed E-state index contributed by atoms with van der Waals surface area (Å²) in [4.78, 5) is 12.0. The molecule has 6 heteroatoms. The molecule has 1 heterocycles. The molecule has 0 saturated carbocycles. The first-order valence-electron chi connectivity index (χ1n) is 9.29. The lowest BCUT2D eigenvalue weighted by Crippen LogP contribution is -2.25. The van der Waals surface area contributed by atoms with Gasteiger partial charge in [-0.25, -0.2) is 5.43 Å². The number of nitrogens with one attached hydrogen (secondary N) is 1. The van der Waals surface area contributed by atoms with Gasteiger partial charge in [-0.15, -0.1) is 0 Å². The minimum absolute atomic E-state index is 0.0794. The molecule has 0 aromatic heterocycles. The molecule has 1 amide bonds. The molecule has 148 valence electrons. The van der Waals surface area contributed by atoms with Crippen molar-refractivity contribution in [2.75, 3.05) is 19.8 Å². The Morgan fingerprint density at radius 3 is 2.43 bits per heavy atom. The van der Waals surface area contributed by atoms with Gasteiger partial charge in [-0.2, -0.15) is 5.10 Å². The van der Waals surface area contributed by atoms with Crippen molar-refractivity contribution in [2.24, 2.45) is 5.10 Å². The van der Waals surface area contributed by atoms with E-state index in [-0.39, 0.29) is 17.9 Å². The third kappa shape index (κ3) is 5.03. The summed E-state index contributed by atoms with van der Waals surface area (Å²) in [5.74, 6) is 1.73. The predicted molar refractivity (Wildman–Crippen MR) is 108 cm³/mol. The Balaban J connectivity index is 1.53. The fraction of sp³-hybridized carbons (Fsp3) is 0.364. The van der Waals surface area contributed by atoms with Crippen LogP contribution < -0.4 is 19.6 Å². The monoisotopic (exact) mass is 382 g/mol. The highest BCUT2D eigenvalue weighted by Gasteiger charge is 2.14. The van der Waals surface area contributed by atoms with Crippen LogP contribution in [0.15, 0.2) is 47.6 Å². The molecular formula is C22H26N2O4. The maximum atomic E-state index is 12.0. The minimum Gasteiger partial charge on any atom is -0.486 e. The van der Waals surface area contributed by atoms with E-state index >= 15 is 0 Å². The maximum absolute atomic E-state index is 12.0. The van der Waals surface area contributed by atoms with Crippen LogP contribution in [0.2, 0.25) is 0 Å². The van der Waals surface area contributed by atoms with E-state index in [1.54, 1.807) is 0 Å². The van der Waals surface area contributed by atoms with Crippen LogP contribution in [0, 0.1) is 0 Å². The molecule has 0 bridgehead atoms. The molecular weight excluding hydrogens is 356 g/mol. The fourth-order valence-electron chi connectivity index (χ4n) is 2.71. The number of carbonyl (C=O) groups is 1. The number of fused-ring (bicyclic) bond motifs is 1. The molecule has 0 fully saturated rings. The molecule has 0 saturated heterocycles. The van der Waals surface area contributed by atoms with Gasteiger partial charge in [-0.1, -0.05) is 32.9 Å². The lowest BCUT2D eigenvalue weighted by Gasteiger charge is -2.19. The van der Waals surface area contributed by atoms with Gasteiger partial charge < -0.3 is 14.2 Å². The van der Waals surface area contributed by atoms with Crippen molar-refractivity contribution in [1.82, 2.24) is 5.43 Å². The van der Waals surface area contributed by atoms with E-state index in [4.69, 9.17) is 14.2 Å². The van der Waals surface area contributed by atoms with E-state index in [1.165, 1.54) is 5.56 Å². The van der Waals surface area contributed by atoms with Crippen molar-refractivity contribution in [1.29, 1.82) is 0 Å². The zero-order chi connectivity index (χ0) is 20.1. The summed E-state index contributed by atoms with van der Waals surface area (Å²) >= 11 is 0. The summed E-state index contributed by atoms with van der Waals surface area (Å²) in [6.07, 6.45) is 0. The summed E-state index contributed by atoms with van der Waals surface area (Å²) in [6, 6.07) is 13.3. The van der Waals surface area contributed by atoms with Crippen molar-refractivity contribution >= 4 is 11.6 Å². The summed E-state index contributed by atoms with van der Waals surface area (Å²) in [5.41, 5.74) is 5.33. The summed E-state index contributed by atoms with van der Waals surface area (Å²) in [6.45, 7) is 9.24. The smallest absolute Gasteiger partial charge is 0.277 e. The Morgan fingerprint density at radius 2 is 1.75 bits per heavy atom.